The molecule has 1 N–H and O–H groups in total. The minimum atomic E-state index is -4.57. The van der Waals surface area contributed by atoms with Crippen LogP contribution in [0.1, 0.15) is 16.7 Å². The largest absolute Gasteiger partial charge is 0.496 e. The van der Waals surface area contributed by atoms with Gasteiger partial charge in [-0.3, -0.25) is 4.79 Å². The molecule has 2 rings (SSSR count). The summed E-state index contributed by atoms with van der Waals surface area (Å²) in [5, 5.41) is 0. The van der Waals surface area contributed by atoms with E-state index in [1.54, 1.807) is 13.0 Å². The molecule has 0 amide bonds. The summed E-state index contributed by atoms with van der Waals surface area (Å²) >= 11 is 0. The smallest absolute Gasteiger partial charge is 0.416 e. The zero-order valence-corrected chi connectivity index (χ0v) is 11.8. The molecule has 0 fully saturated rings. The number of halogens is 3. The summed E-state index contributed by atoms with van der Waals surface area (Å²) in [7, 11) is 1.43. The Morgan fingerprint density at radius 3 is 2.33 bits per heavy atom. The average molecular weight is 297 g/mol. The topological polar surface area (TPSA) is 42.1 Å². The van der Waals surface area contributed by atoms with Crippen LogP contribution in [0.25, 0.3) is 11.3 Å². The molecule has 112 valence electrons. The molecule has 21 heavy (non-hydrogen) atoms. The van der Waals surface area contributed by atoms with Gasteiger partial charge in [0.05, 0.1) is 18.4 Å². The number of methoxy groups -OCH3 is 1. The van der Waals surface area contributed by atoms with Crippen molar-refractivity contribution in [1.82, 2.24) is 4.98 Å². The number of rotatable bonds is 2. The van der Waals surface area contributed by atoms with E-state index >= 15 is 0 Å². The lowest BCUT2D eigenvalue weighted by Crippen LogP contribution is -2.14. The predicted molar refractivity (Wildman–Crippen MR) is 73.5 cm³/mol. The number of alkyl halides is 3. The van der Waals surface area contributed by atoms with Crippen molar-refractivity contribution in [2.24, 2.45) is 0 Å². The summed E-state index contributed by atoms with van der Waals surface area (Å²) in [6, 6.07) is 4.98. The minimum Gasteiger partial charge on any atom is -0.496 e. The number of aromatic amines is 1. The van der Waals surface area contributed by atoms with Gasteiger partial charge in [-0.1, -0.05) is 6.07 Å². The normalized spacial score (nSPS) is 11.5. The molecule has 0 aliphatic carbocycles. The van der Waals surface area contributed by atoms with Gasteiger partial charge in [0.1, 0.15) is 5.75 Å². The maximum atomic E-state index is 12.8. The van der Waals surface area contributed by atoms with Crippen molar-refractivity contribution in [1.29, 1.82) is 0 Å². The van der Waals surface area contributed by atoms with Crippen molar-refractivity contribution in [3.05, 3.63) is 51.3 Å². The molecular formula is C15H14F3NO2. The zero-order valence-electron chi connectivity index (χ0n) is 11.8. The van der Waals surface area contributed by atoms with Crippen LogP contribution in [0.5, 0.6) is 5.75 Å². The summed E-state index contributed by atoms with van der Waals surface area (Å²) in [4.78, 5) is 13.9. The molecule has 0 radical (unpaired) electrons. The van der Waals surface area contributed by atoms with Crippen LogP contribution >= 0.6 is 0 Å². The first-order chi connectivity index (χ1) is 9.72. The SMILES string of the molecule is COc1cc(C)cc(C)c1-c1cc(C(F)(F)F)cc(=O)[nH]1. The van der Waals surface area contributed by atoms with E-state index in [1.165, 1.54) is 7.11 Å². The Labute approximate surface area is 119 Å². The van der Waals surface area contributed by atoms with Crippen LogP contribution in [0, 0.1) is 13.8 Å². The van der Waals surface area contributed by atoms with Gasteiger partial charge in [-0.15, -0.1) is 0 Å². The Balaban J connectivity index is 2.74. The van der Waals surface area contributed by atoms with Crippen LogP contribution in [0.2, 0.25) is 0 Å². The summed E-state index contributed by atoms with van der Waals surface area (Å²) in [6.07, 6.45) is -4.57. The van der Waals surface area contributed by atoms with Gasteiger partial charge in [-0.2, -0.15) is 13.2 Å². The third kappa shape index (κ3) is 3.09. The molecule has 0 aliphatic rings. The molecule has 1 aromatic heterocycles. The van der Waals surface area contributed by atoms with Crippen molar-refractivity contribution in [2.75, 3.05) is 7.11 Å². The number of aromatic nitrogens is 1. The third-order valence-corrected chi connectivity index (χ3v) is 3.10. The van der Waals surface area contributed by atoms with Crippen molar-refractivity contribution in [3.63, 3.8) is 0 Å². The summed E-state index contributed by atoms with van der Waals surface area (Å²) in [5.41, 5.74) is 0.393. The minimum absolute atomic E-state index is 0.0872. The predicted octanol–water partition coefficient (Wildman–Crippen LogP) is 3.69. The molecule has 0 unspecified atom stereocenters. The van der Waals surface area contributed by atoms with E-state index in [0.29, 0.717) is 17.4 Å². The maximum Gasteiger partial charge on any atom is 0.416 e. The number of hydrogen-bond acceptors (Lipinski definition) is 2. The lowest BCUT2D eigenvalue weighted by Gasteiger charge is -2.14. The van der Waals surface area contributed by atoms with Gasteiger partial charge in [-0.05, 0) is 37.1 Å². The maximum absolute atomic E-state index is 12.8. The second kappa shape index (κ2) is 5.27. The van der Waals surface area contributed by atoms with E-state index in [1.807, 2.05) is 13.0 Å². The zero-order chi connectivity index (χ0) is 15.8. The molecule has 0 spiro atoms. The number of H-pyrrole nitrogens is 1. The van der Waals surface area contributed by atoms with Gasteiger partial charge in [0.15, 0.2) is 0 Å². The molecule has 0 saturated carbocycles. The van der Waals surface area contributed by atoms with E-state index in [9.17, 15) is 18.0 Å². The first-order valence-electron chi connectivity index (χ1n) is 6.19. The summed E-state index contributed by atoms with van der Waals surface area (Å²) in [5.74, 6) is 0.419. The van der Waals surface area contributed by atoms with Gasteiger partial charge in [-0.25, -0.2) is 0 Å². The Bertz CT molecular complexity index is 733. The van der Waals surface area contributed by atoms with Crippen molar-refractivity contribution < 1.29 is 17.9 Å². The van der Waals surface area contributed by atoms with Crippen LogP contribution in [0.4, 0.5) is 13.2 Å². The van der Waals surface area contributed by atoms with E-state index in [-0.39, 0.29) is 5.69 Å². The summed E-state index contributed by atoms with van der Waals surface area (Å²) in [6.45, 7) is 3.61. The van der Waals surface area contributed by atoms with Crippen LogP contribution in [0.3, 0.4) is 0 Å². The highest BCUT2D eigenvalue weighted by Crippen LogP contribution is 2.35. The lowest BCUT2D eigenvalue weighted by molar-refractivity contribution is -0.137. The third-order valence-electron chi connectivity index (χ3n) is 3.10. The van der Waals surface area contributed by atoms with E-state index in [0.717, 1.165) is 17.2 Å². The Kier molecular flexibility index (Phi) is 3.80. The fraction of sp³-hybridized carbons (Fsp3) is 0.267. The quantitative estimate of drug-likeness (QED) is 0.918. The van der Waals surface area contributed by atoms with Crippen LogP contribution < -0.4 is 10.3 Å². The van der Waals surface area contributed by atoms with Gasteiger partial charge in [0.25, 0.3) is 0 Å². The first-order valence-corrected chi connectivity index (χ1v) is 6.19. The highest BCUT2D eigenvalue weighted by atomic mass is 19.4. The fourth-order valence-electron chi connectivity index (χ4n) is 2.28. The molecule has 0 aliphatic heterocycles. The monoisotopic (exact) mass is 297 g/mol. The molecule has 0 atom stereocenters. The second-order valence-corrected chi connectivity index (χ2v) is 4.80. The molecule has 0 saturated heterocycles. The highest BCUT2D eigenvalue weighted by Gasteiger charge is 2.31. The van der Waals surface area contributed by atoms with Crippen molar-refractivity contribution >= 4 is 0 Å². The number of benzene rings is 1. The molecule has 3 nitrogen and oxygen atoms in total. The van der Waals surface area contributed by atoms with E-state index < -0.39 is 17.3 Å². The van der Waals surface area contributed by atoms with E-state index in [4.69, 9.17) is 4.74 Å². The van der Waals surface area contributed by atoms with Crippen LogP contribution in [-0.4, -0.2) is 12.1 Å². The second-order valence-electron chi connectivity index (χ2n) is 4.80. The number of pyridine rings is 1. The van der Waals surface area contributed by atoms with Gasteiger partial charge < -0.3 is 9.72 Å². The van der Waals surface area contributed by atoms with Crippen LogP contribution in [-0.2, 0) is 6.18 Å². The lowest BCUT2D eigenvalue weighted by atomic mass is 10.00. The summed E-state index contributed by atoms with van der Waals surface area (Å²) < 4.78 is 43.7. The standard InChI is InChI=1S/C15H14F3NO2/c1-8-4-9(2)14(12(5-8)21-3)11-6-10(15(16,17)18)7-13(20)19-11/h4-7H,1-3H3,(H,19,20). The fourth-order valence-corrected chi connectivity index (χ4v) is 2.28. The Morgan fingerprint density at radius 2 is 1.76 bits per heavy atom. The van der Waals surface area contributed by atoms with Crippen LogP contribution in [0.15, 0.2) is 29.1 Å². The molecule has 2 aromatic rings. The van der Waals surface area contributed by atoms with Gasteiger partial charge in [0, 0.05) is 11.6 Å². The molecular weight excluding hydrogens is 283 g/mol. The van der Waals surface area contributed by atoms with E-state index in [2.05, 4.69) is 4.98 Å². The average Bonchev–Trinajstić information content (AvgIpc) is 2.35. The Morgan fingerprint density at radius 1 is 1.10 bits per heavy atom. The number of nitrogens with one attached hydrogen (secondary N) is 1. The molecule has 1 heterocycles. The van der Waals surface area contributed by atoms with Crippen molar-refractivity contribution in [3.8, 4) is 17.0 Å². The van der Waals surface area contributed by atoms with Gasteiger partial charge in [0.2, 0.25) is 5.56 Å². The number of ether oxygens (including phenoxy) is 1. The molecule has 1 aromatic carbocycles. The molecule has 0 bridgehead atoms. The highest BCUT2D eigenvalue weighted by molar-refractivity contribution is 5.72. The Hall–Kier alpha value is -2.24. The first kappa shape index (κ1) is 15.2. The number of hydrogen-bond donors (Lipinski definition) is 1. The number of aryl methyl sites for hydroxylation is 2. The van der Waals surface area contributed by atoms with Gasteiger partial charge >= 0.3 is 6.18 Å². The van der Waals surface area contributed by atoms with Crippen molar-refractivity contribution in [2.45, 2.75) is 20.0 Å². The molecule has 6 heteroatoms.